The largest absolute Gasteiger partial charge is 0.496 e. The van der Waals surface area contributed by atoms with Gasteiger partial charge in [0.1, 0.15) is 29.1 Å². The number of carbonyl (C=O) groups is 4. The Balaban J connectivity index is 0.000000204. The Kier molecular flexibility index (Phi) is 17.6. The number of nitriles is 1. The molecule has 85 heavy (non-hydrogen) atoms. The number of hydrogen-bond acceptors (Lipinski definition) is 12. The number of fused-ring (bicyclic) bond motifs is 2. The summed E-state index contributed by atoms with van der Waals surface area (Å²) in [4.78, 5) is 75.5. The number of nitrogens with one attached hydrogen (secondary N) is 3. The second-order valence-corrected chi connectivity index (χ2v) is 22.9. The average molecular weight is 1170 g/mol. The molecule has 0 unspecified atom stereocenters. The third-order valence-electron chi connectivity index (χ3n) is 15.6. The number of methoxy groups -OCH3 is 1. The van der Waals surface area contributed by atoms with E-state index in [4.69, 9.17) is 14.7 Å². The van der Waals surface area contributed by atoms with Crippen molar-refractivity contribution in [3.8, 4) is 23.7 Å². The Labute approximate surface area is 488 Å². The third-order valence-corrected chi connectivity index (χ3v) is 15.6. The van der Waals surface area contributed by atoms with Crippen LogP contribution in [-0.4, -0.2) is 124 Å². The van der Waals surface area contributed by atoms with Crippen LogP contribution in [0.15, 0.2) is 83.8 Å². The molecule has 3 N–H and O–H groups in total. The Morgan fingerprint density at radius 3 is 2.25 bits per heavy atom. The highest BCUT2D eigenvalue weighted by atomic mass is 19.4. The van der Waals surface area contributed by atoms with Gasteiger partial charge in [0.15, 0.2) is 5.67 Å². The fourth-order valence-electron chi connectivity index (χ4n) is 11.2. The van der Waals surface area contributed by atoms with Crippen molar-refractivity contribution in [3.05, 3.63) is 151 Å². The standard InChI is InChI=1S/C33H43FN4O5.C30H22F4N6O2/c1-20-7-10-23(15-28(20)42-6)36-29(39)22-8-11-25(12-9-22)38-16-27-21(2)13-24(14-26(27)30(38)40)35-17-33(34)18-37(19-33)31(41)43-32(3,4)5;1-2-3-18-13-22-25(37-38-28(41)27(22)23(14-18)30(32,33)34)15-19-4-6-24(31)21(12-19)29(42)40-10-8-39(9-11-40)26-7-5-20(16-35)17-36-26/h7,10,13-15,22,25,35H,8-9,11-12,16-19H2,1-6H3,(H,36,39);4-7,12-14,17H,8-11,15H2,1H3,(H,38,41). The minimum atomic E-state index is -4.81. The van der Waals surface area contributed by atoms with Gasteiger partial charge in [0.25, 0.3) is 17.4 Å². The highest BCUT2D eigenvalue weighted by Crippen LogP contribution is 2.38. The summed E-state index contributed by atoms with van der Waals surface area (Å²) in [7, 11) is 1.61. The van der Waals surface area contributed by atoms with E-state index in [1.165, 1.54) is 41.1 Å². The van der Waals surface area contributed by atoms with Crippen LogP contribution in [0.1, 0.15) is 119 Å². The van der Waals surface area contributed by atoms with Crippen molar-refractivity contribution >= 4 is 51.8 Å². The molecule has 6 aromatic rings. The maximum atomic E-state index is 15.2. The first-order chi connectivity index (χ1) is 40.3. The lowest BCUT2D eigenvalue weighted by Gasteiger charge is -2.44. The first-order valence-corrected chi connectivity index (χ1v) is 27.9. The van der Waals surface area contributed by atoms with Crippen molar-refractivity contribution in [3.63, 3.8) is 0 Å². The van der Waals surface area contributed by atoms with Gasteiger partial charge in [-0.2, -0.15) is 23.5 Å². The van der Waals surface area contributed by atoms with Gasteiger partial charge in [-0.05, 0) is 144 Å². The van der Waals surface area contributed by atoms with E-state index in [1.807, 2.05) is 60.0 Å². The summed E-state index contributed by atoms with van der Waals surface area (Å²) in [5.74, 6) is 5.17. The van der Waals surface area contributed by atoms with E-state index in [-0.39, 0.29) is 72.0 Å². The van der Waals surface area contributed by atoms with Crippen molar-refractivity contribution in [1.82, 2.24) is 29.9 Å². The smallest absolute Gasteiger partial charge is 0.417 e. The van der Waals surface area contributed by atoms with E-state index in [1.54, 1.807) is 40.0 Å². The number of aryl methyl sites for hydroxylation is 2. The number of rotatable bonds is 11. The fraction of sp³-hybridized carbons (Fsp3) is 0.397. The molecule has 1 saturated carbocycles. The molecular formula is C63H65F5N10O7. The molecule has 1 aliphatic carbocycles. The molecule has 10 rings (SSSR count). The van der Waals surface area contributed by atoms with Crippen LogP contribution in [0.25, 0.3) is 10.8 Å². The first kappa shape index (κ1) is 60.5. The van der Waals surface area contributed by atoms with Gasteiger partial charge in [0.2, 0.25) is 5.91 Å². The minimum absolute atomic E-state index is 0.00161. The van der Waals surface area contributed by atoms with Crippen molar-refractivity contribution in [2.45, 2.75) is 104 Å². The lowest BCUT2D eigenvalue weighted by Crippen LogP contribution is -2.64. The number of halogens is 5. The molecule has 17 nitrogen and oxygen atoms in total. The maximum Gasteiger partial charge on any atom is 0.417 e. The van der Waals surface area contributed by atoms with E-state index in [0.717, 1.165) is 53.1 Å². The summed E-state index contributed by atoms with van der Waals surface area (Å²) in [6.07, 6.45) is -0.987. The molecule has 0 radical (unpaired) electrons. The van der Waals surface area contributed by atoms with Crippen LogP contribution in [0.5, 0.6) is 5.75 Å². The van der Waals surface area contributed by atoms with Crippen LogP contribution in [0.2, 0.25) is 0 Å². The van der Waals surface area contributed by atoms with Crippen LogP contribution in [-0.2, 0) is 28.7 Å². The number of benzene rings is 4. The number of aromatic nitrogens is 3. The SMILES string of the molecule is CC#Cc1cc(C(F)(F)F)c2c(=O)[nH]nc(Cc3ccc(F)c(C(=O)N4CCN(c5ccc(C#N)cn5)CC4)c3)c2c1.COc1cc(NC(=O)C2CCC(N3Cc4c(C)cc(NCC5(F)CN(C(=O)OC(C)(C)C)C5)cc4C3=O)CC2)ccc1C. The molecule has 0 bridgehead atoms. The second-order valence-electron chi connectivity index (χ2n) is 22.9. The molecule has 22 heteroatoms. The van der Waals surface area contributed by atoms with Gasteiger partial charge in [-0.15, -0.1) is 5.92 Å². The topological polar surface area (TPSA) is 206 Å². The normalized spacial score (nSPS) is 17.3. The molecule has 0 spiro atoms. The van der Waals surface area contributed by atoms with Gasteiger partial charge in [-0.25, -0.2) is 23.7 Å². The highest BCUT2D eigenvalue weighted by Gasteiger charge is 2.47. The van der Waals surface area contributed by atoms with Gasteiger partial charge < -0.3 is 39.7 Å². The molecule has 444 valence electrons. The van der Waals surface area contributed by atoms with Gasteiger partial charge in [-0.3, -0.25) is 19.2 Å². The lowest BCUT2D eigenvalue weighted by molar-refractivity contribution is -0.136. The Hall–Kier alpha value is -9.05. The van der Waals surface area contributed by atoms with Crippen LogP contribution in [0.4, 0.5) is 43.9 Å². The van der Waals surface area contributed by atoms with Crippen molar-refractivity contribution in [1.29, 1.82) is 5.26 Å². The second kappa shape index (κ2) is 24.6. The summed E-state index contributed by atoms with van der Waals surface area (Å²) >= 11 is 0. The number of anilines is 3. The molecule has 5 heterocycles. The summed E-state index contributed by atoms with van der Waals surface area (Å²) < 4.78 is 82.4. The maximum absolute atomic E-state index is 15.2. The number of pyridine rings is 1. The summed E-state index contributed by atoms with van der Waals surface area (Å²) in [6, 6.07) is 21.0. The number of carbonyl (C=O) groups excluding carboxylic acids is 4. The predicted octanol–water partition coefficient (Wildman–Crippen LogP) is 10.1. The van der Waals surface area contributed by atoms with E-state index < -0.39 is 51.8 Å². The monoisotopic (exact) mass is 1170 g/mol. The molecule has 4 amide bonds. The average Bonchev–Trinajstić information content (AvgIpc) is 2.43. The first-order valence-electron chi connectivity index (χ1n) is 27.9. The molecule has 2 saturated heterocycles. The van der Waals surface area contributed by atoms with Crippen molar-refractivity contribution < 1.29 is 50.6 Å². The highest BCUT2D eigenvalue weighted by molar-refractivity contribution is 6.00. The number of hydrogen-bond donors (Lipinski definition) is 3. The number of ether oxygens (including phenoxy) is 2. The molecule has 2 aromatic heterocycles. The zero-order chi connectivity index (χ0) is 61.1. The Morgan fingerprint density at radius 1 is 0.871 bits per heavy atom. The Bertz CT molecular complexity index is 3730. The van der Waals surface area contributed by atoms with Crippen LogP contribution >= 0.6 is 0 Å². The van der Waals surface area contributed by atoms with E-state index in [0.29, 0.717) is 73.8 Å². The van der Waals surface area contributed by atoms with E-state index in [9.17, 15) is 41.5 Å². The molecule has 4 aromatic carbocycles. The van der Waals surface area contributed by atoms with E-state index in [2.05, 4.69) is 37.7 Å². The number of nitrogens with zero attached hydrogens (tertiary/aromatic N) is 7. The van der Waals surface area contributed by atoms with Crippen LogP contribution < -0.4 is 25.8 Å². The zero-order valence-electron chi connectivity index (χ0n) is 48.2. The van der Waals surface area contributed by atoms with Crippen molar-refractivity contribution in [2.24, 2.45) is 5.92 Å². The van der Waals surface area contributed by atoms with Crippen LogP contribution in [0.3, 0.4) is 0 Å². The quantitative estimate of drug-likeness (QED) is 0.0819. The van der Waals surface area contributed by atoms with Gasteiger partial charge in [-0.1, -0.05) is 18.1 Å². The number of alkyl halides is 4. The Morgan fingerprint density at radius 2 is 1.60 bits per heavy atom. The molecule has 4 aliphatic rings. The minimum Gasteiger partial charge on any atom is -0.496 e. The van der Waals surface area contributed by atoms with Gasteiger partial charge >= 0.3 is 12.3 Å². The molecule has 3 aliphatic heterocycles. The van der Waals surface area contributed by atoms with Crippen molar-refractivity contribution in [2.75, 3.05) is 68.5 Å². The molecule has 0 atom stereocenters. The molecule has 3 fully saturated rings. The predicted molar refractivity (Wildman–Crippen MR) is 309 cm³/mol. The lowest BCUT2D eigenvalue weighted by atomic mass is 9.84. The summed E-state index contributed by atoms with van der Waals surface area (Å²) in [5.41, 5.74) is 1.57. The number of amides is 4. The zero-order valence-corrected chi connectivity index (χ0v) is 48.2. The van der Waals surface area contributed by atoms with Gasteiger partial charge in [0, 0.05) is 91.3 Å². The van der Waals surface area contributed by atoms with Gasteiger partial charge in [0.05, 0.1) is 54.5 Å². The number of H-pyrrole nitrogens is 1. The number of piperazine rings is 1. The number of likely N-dealkylation sites (tertiary alicyclic amines) is 1. The third kappa shape index (κ3) is 13.8. The number of aromatic amines is 1. The van der Waals surface area contributed by atoms with Crippen LogP contribution in [0, 0.1) is 48.8 Å². The fourth-order valence-corrected chi connectivity index (χ4v) is 11.2. The summed E-state index contributed by atoms with van der Waals surface area (Å²) in [5, 5.41) is 20.7. The van der Waals surface area contributed by atoms with E-state index >= 15 is 4.39 Å². The summed E-state index contributed by atoms with van der Waals surface area (Å²) in [6.45, 7) is 12.8. The molecular weight excluding hydrogens is 1100 g/mol.